The zero-order valence-corrected chi connectivity index (χ0v) is 8.05. The first kappa shape index (κ1) is 9.48. The van der Waals surface area contributed by atoms with E-state index in [1.165, 1.54) is 0 Å². The van der Waals surface area contributed by atoms with Gasteiger partial charge < -0.3 is 9.26 Å². The predicted octanol–water partition coefficient (Wildman–Crippen LogP) is 1.99. The van der Waals surface area contributed by atoms with E-state index in [-0.39, 0.29) is 5.28 Å². The van der Waals surface area contributed by atoms with Crippen LogP contribution in [0.2, 0.25) is 5.28 Å². The van der Waals surface area contributed by atoms with Crippen molar-refractivity contribution in [3.8, 4) is 0 Å². The molecule has 0 bridgehead atoms. The highest BCUT2D eigenvalue weighted by Gasteiger charge is 2.27. The minimum Gasteiger partial charge on any atom is -0.366 e. The Morgan fingerprint density at radius 2 is 2.25 bits per heavy atom. The molecule has 0 aliphatic carbocycles. The van der Waals surface area contributed by atoms with Crippen LogP contribution < -0.4 is 0 Å². The summed E-state index contributed by atoms with van der Waals surface area (Å²) < 4.78 is 10.2. The molecule has 1 heterocycles. The fraction of sp³-hybridized carbons (Fsp3) is 0.714. The van der Waals surface area contributed by atoms with Crippen molar-refractivity contribution >= 4 is 11.6 Å². The summed E-state index contributed by atoms with van der Waals surface area (Å²) in [6.07, 6.45) is 0. The minimum absolute atomic E-state index is 0.109. The Morgan fingerprint density at radius 3 is 2.67 bits per heavy atom. The Hall–Kier alpha value is -0.610. The maximum absolute atomic E-state index is 5.50. The first-order valence-corrected chi connectivity index (χ1v) is 4.07. The molecule has 68 valence electrons. The van der Waals surface area contributed by atoms with Crippen molar-refractivity contribution in [3.05, 3.63) is 11.2 Å². The van der Waals surface area contributed by atoms with Crippen LogP contribution in [0.25, 0.3) is 0 Å². The molecule has 4 nitrogen and oxygen atoms in total. The molecule has 0 unspecified atom stereocenters. The first-order chi connectivity index (χ1) is 5.56. The second-order valence-corrected chi connectivity index (χ2v) is 3.15. The second-order valence-electron chi connectivity index (χ2n) is 2.81. The number of hydrogen-bond donors (Lipinski definition) is 0. The smallest absolute Gasteiger partial charge is 0.263 e. The summed E-state index contributed by atoms with van der Waals surface area (Å²) in [7, 11) is 0. The molecule has 0 N–H and O–H groups in total. The molecule has 0 amide bonds. The van der Waals surface area contributed by atoms with Crippen LogP contribution in [0.15, 0.2) is 4.52 Å². The normalized spacial score (nSPS) is 12.0. The molecule has 12 heavy (non-hydrogen) atoms. The van der Waals surface area contributed by atoms with E-state index in [1.807, 2.05) is 20.8 Å². The number of halogens is 1. The van der Waals surface area contributed by atoms with Crippen molar-refractivity contribution in [1.82, 2.24) is 10.1 Å². The average molecular weight is 191 g/mol. The fourth-order valence-corrected chi connectivity index (χ4v) is 0.984. The topological polar surface area (TPSA) is 48.2 Å². The number of aromatic nitrogens is 2. The molecule has 0 aliphatic rings. The molecule has 1 aromatic heterocycles. The SMILES string of the molecule is CCOC(C)(C)c1nc(Cl)no1. The average Bonchev–Trinajstić information content (AvgIpc) is 2.36. The summed E-state index contributed by atoms with van der Waals surface area (Å²) in [5, 5.41) is 3.57. The van der Waals surface area contributed by atoms with E-state index < -0.39 is 5.60 Å². The zero-order chi connectivity index (χ0) is 9.19. The molecule has 0 aliphatic heterocycles. The highest BCUT2D eigenvalue weighted by atomic mass is 35.5. The standard InChI is InChI=1S/C7H11ClN2O2/c1-4-11-7(2,3)5-9-6(8)10-12-5/h4H2,1-3H3. The number of ether oxygens (including phenoxy) is 1. The van der Waals surface area contributed by atoms with Gasteiger partial charge in [0.2, 0.25) is 0 Å². The van der Waals surface area contributed by atoms with Gasteiger partial charge in [0, 0.05) is 6.61 Å². The lowest BCUT2D eigenvalue weighted by Gasteiger charge is -2.18. The Bertz CT molecular complexity index is 260. The molecule has 5 heteroatoms. The van der Waals surface area contributed by atoms with Gasteiger partial charge in [-0.2, -0.15) is 4.98 Å². The molecule has 0 saturated heterocycles. The molecule has 1 rings (SSSR count). The monoisotopic (exact) mass is 190 g/mol. The van der Waals surface area contributed by atoms with Gasteiger partial charge in [-0.1, -0.05) is 0 Å². The van der Waals surface area contributed by atoms with E-state index in [1.54, 1.807) is 0 Å². The Kier molecular flexibility index (Phi) is 2.69. The predicted molar refractivity (Wildman–Crippen MR) is 44.0 cm³/mol. The summed E-state index contributed by atoms with van der Waals surface area (Å²) in [6.45, 7) is 6.19. The van der Waals surface area contributed by atoms with Crippen molar-refractivity contribution in [1.29, 1.82) is 0 Å². The third kappa shape index (κ3) is 1.95. The van der Waals surface area contributed by atoms with Crippen LogP contribution in [0.4, 0.5) is 0 Å². The Labute approximate surface area is 75.9 Å². The largest absolute Gasteiger partial charge is 0.366 e. The maximum atomic E-state index is 5.50. The van der Waals surface area contributed by atoms with Crippen LogP contribution in [-0.2, 0) is 10.3 Å². The van der Waals surface area contributed by atoms with Gasteiger partial charge in [0.05, 0.1) is 0 Å². The molecule has 0 saturated carbocycles. The van der Waals surface area contributed by atoms with Crippen molar-refractivity contribution in [2.75, 3.05) is 6.61 Å². The molecule has 1 aromatic rings. The van der Waals surface area contributed by atoms with Crippen molar-refractivity contribution < 1.29 is 9.26 Å². The first-order valence-electron chi connectivity index (χ1n) is 3.70. The maximum Gasteiger partial charge on any atom is 0.263 e. The Balaban J connectivity index is 2.81. The van der Waals surface area contributed by atoms with Crippen molar-refractivity contribution in [2.24, 2.45) is 0 Å². The van der Waals surface area contributed by atoms with Gasteiger partial charge >= 0.3 is 0 Å². The van der Waals surface area contributed by atoms with E-state index >= 15 is 0 Å². The Morgan fingerprint density at radius 1 is 1.58 bits per heavy atom. The van der Waals surface area contributed by atoms with Gasteiger partial charge in [-0.25, -0.2) is 0 Å². The van der Waals surface area contributed by atoms with Crippen LogP contribution in [0.5, 0.6) is 0 Å². The second kappa shape index (κ2) is 3.41. The lowest BCUT2D eigenvalue weighted by molar-refractivity contribution is -0.0370. The van der Waals surface area contributed by atoms with Crippen LogP contribution in [-0.4, -0.2) is 16.7 Å². The zero-order valence-electron chi connectivity index (χ0n) is 7.30. The molecule has 0 spiro atoms. The van der Waals surface area contributed by atoms with Gasteiger partial charge in [-0.15, -0.1) is 0 Å². The molecular weight excluding hydrogens is 180 g/mol. The summed E-state index contributed by atoms with van der Waals surface area (Å²) in [5.41, 5.74) is -0.561. The summed E-state index contributed by atoms with van der Waals surface area (Å²) in [5.74, 6) is 0.398. The van der Waals surface area contributed by atoms with Crippen LogP contribution in [0.1, 0.15) is 26.7 Å². The summed E-state index contributed by atoms with van der Waals surface area (Å²) >= 11 is 5.50. The molecule has 0 fully saturated rings. The lowest BCUT2D eigenvalue weighted by atomic mass is 10.1. The molecule has 0 aromatic carbocycles. The third-order valence-corrected chi connectivity index (χ3v) is 1.57. The van der Waals surface area contributed by atoms with Crippen molar-refractivity contribution in [2.45, 2.75) is 26.4 Å². The van der Waals surface area contributed by atoms with Gasteiger partial charge in [-0.05, 0) is 37.5 Å². The third-order valence-electron chi connectivity index (χ3n) is 1.42. The van der Waals surface area contributed by atoms with E-state index in [4.69, 9.17) is 20.9 Å². The molecular formula is C7H11ClN2O2. The fourth-order valence-electron chi connectivity index (χ4n) is 0.873. The summed E-state index contributed by atoms with van der Waals surface area (Å²) in [4.78, 5) is 3.86. The van der Waals surface area contributed by atoms with E-state index in [9.17, 15) is 0 Å². The molecule has 0 atom stereocenters. The van der Waals surface area contributed by atoms with Gasteiger partial charge in [0.1, 0.15) is 5.60 Å². The van der Waals surface area contributed by atoms with Crippen LogP contribution in [0.3, 0.4) is 0 Å². The van der Waals surface area contributed by atoms with E-state index in [0.29, 0.717) is 12.5 Å². The lowest BCUT2D eigenvalue weighted by Crippen LogP contribution is -2.21. The quantitative estimate of drug-likeness (QED) is 0.732. The number of rotatable bonds is 3. The number of nitrogens with zero attached hydrogens (tertiary/aromatic N) is 2. The van der Waals surface area contributed by atoms with E-state index in [0.717, 1.165) is 0 Å². The van der Waals surface area contributed by atoms with Crippen molar-refractivity contribution in [3.63, 3.8) is 0 Å². The number of hydrogen-bond acceptors (Lipinski definition) is 4. The van der Waals surface area contributed by atoms with E-state index in [2.05, 4.69) is 10.1 Å². The highest BCUT2D eigenvalue weighted by Crippen LogP contribution is 2.23. The van der Waals surface area contributed by atoms with Crippen LogP contribution >= 0.6 is 11.6 Å². The molecule has 0 radical (unpaired) electrons. The van der Waals surface area contributed by atoms with Gasteiger partial charge in [0.25, 0.3) is 11.2 Å². The minimum atomic E-state index is -0.561. The van der Waals surface area contributed by atoms with Gasteiger partial charge in [0.15, 0.2) is 0 Å². The van der Waals surface area contributed by atoms with Gasteiger partial charge in [-0.3, -0.25) is 0 Å². The van der Waals surface area contributed by atoms with Crippen LogP contribution in [0, 0.1) is 0 Å². The summed E-state index contributed by atoms with van der Waals surface area (Å²) in [6, 6.07) is 0. The highest BCUT2D eigenvalue weighted by molar-refractivity contribution is 6.28.